The van der Waals surface area contributed by atoms with Crippen molar-refractivity contribution in [3.05, 3.63) is 51.4 Å². The van der Waals surface area contributed by atoms with Gasteiger partial charge in [-0.15, -0.1) is 0 Å². The number of hydrogen-bond acceptors (Lipinski definition) is 6. The Morgan fingerprint density at radius 1 is 1.26 bits per heavy atom. The highest BCUT2D eigenvalue weighted by molar-refractivity contribution is 5.73. The number of ether oxygens (including phenoxy) is 1. The summed E-state index contributed by atoms with van der Waals surface area (Å²) >= 11 is 0. The van der Waals surface area contributed by atoms with E-state index in [2.05, 4.69) is 15.3 Å². The second-order valence-corrected chi connectivity index (χ2v) is 5.56. The number of nitrogens with one attached hydrogen (secondary N) is 1. The number of benzene rings is 1. The van der Waals surface area contributed by atoms with Crippen LogP contribution in [0, 0.1) is 6.92 Å². The number of aromatic amines is 1. The molecule has 0 spiro atoms. The highest BCUT2D eigenvalue weighted by Crippen LogP contribution is 2.14. The van der Waals surface area contributed by atoms with Gasteiger partial charge in [-0.3, -0.25) is 9.69 Å². The highest BCUT2D eigenvalue weighted by Gasteiger charge is 2.12. The van der Waals surface area contributed by atoms with Crippen molar-refractivity contribution >= 4 is 11.0 Å². The van der Waals surface area contributed by atoms with Gasteiger partial charge in [0.2, 0.25) is 5.43 Å². The quantitative estimate of drug-likeness (QED) is 0.774. The largest absolute Gasteiger partial charge is 0.491 e. The zero-order chi connectivity index (χ0) is 16.4. The predicted octanol–water partition coefficient (Wildman–Crippen LogP) is 1.86. The van der Waals surface area contributed by atoms with E-state index >= 15 is 0 Å². The number of aromatic nitrogens is 3. The number of H-pyrrole nitrogens is 1. The maximum atomic E-state index is 12.3. The van der Waals surface area contributed by atoms with Gasteiger partial charge >= 0.3 is 0 Å². The van der Waals surface area contributed by atoms with Crippen LogP contribution in [-0.4, -0.2) is 34.4 Å². The number of hydrogen-bond donors (Lipinski definition) is 1. The van der Waals surface area contributed by atoms with Gasteiger partial charge in [-0.05, 0) is 42.0 Å². The van der Waals surface area contributed by atoms with Crippen LogP contribution in [0.4, 0.5) is 0 Å². The Hall–Kier alpha value is -2.67. The first-order valence-electron chi connectivity index (χ1n) is 7.23. The first-order valence-corrected chi connectivity index (χ1v) is 7.23. The van der Waals surface area contributed by atoms with E-state index in [1.165, 1.54) is 7.11 Å². The molecular weight excluding hydrogens is 296 g/mol. The van der Waals surface area contributed by atoms with Gasteiger partial charge in [0.25, 0.3) is 0 Å². The molecule has 0 fully saturated rings. The Morgan fingerprint density at radius 2 is 2.04 bits per heavy atom. The van der Waals surface area contributed by atoms with Gasteiger partial charge in [0, 0.05) is 24.8 Å². The summed E-state index contributed by atoms with van der Waals surface area (Å²) in [4.78, 5) is 17.5. The molecule has 0 saturated heterocycles. The van der Waals surface area contributed by atoms with Gasteiger partial charge in [0.15, 0.2) is 5.75 Å². The van der Waals surface area contributed by atoms with Crippen molar-refractivity contribution in [3.63, 3.8) is 0 Å². The predicted molar refractivity (Wildman–Crippen MR) is 85.3 cm³/mol. The van der Waals surface area contributed by atoms with Crippen LogP contribution in [0.2, 0.25) is 0 Å². The Kier molecular flexibility index (Phi) is 4.12. The summed E-state index contributed by atoms with van der Waals surface area (Å²) in [5, 5.41) is 7.63. The van der Waals surface area contributed by atoms with Crippen molar-refractivity contribution in [3.8, 4) is 5.75 Å². The number of rotatable bonds is 5. The fraction of sp³-hybridized carbons (Fsp3) is 0.312. The number of nitrogens with zero attached hydrogens (tertiary/aromatic N) is 3. The molecule has 120 valence electrons. The summed E-state index contributed by atoms with van der Waals surface area (Å²) in [6.07, 6.45) is 1.74. The minimum atomic E-state index is -0.0771. The standard InChI is InChI=1S/C16H18N4O3/c1-10-16(22-3)15(21)12(7-17-10)9-20(2)8-11-4-5-13-14(6-11)19-23-18-13/h4-7H,8-9H2,1-3H3,(H,17,21). The molecule has 0 aliphatic heterocycles. The van der Waals surface area contributed by atoms with E-state index in [0.717, 1.165) is 22.3 Å². The zero-order valence-electron chi connectivity index (χ0n) is 13.3. The second-order valence-electron chi connectivity index (χ2n) is 5.56. The van der Waals surface area contributed by atoms with Crippen LogP contribution in [0.15, 0.2) is 33.8 Å². The van der Waals surface area contributed by atoms with E-state index in [1.54, 1.807) is 6.20 Å². The smallest absolute Gasteiger partial charge is 0.228 e. The average molecular weight is 314 g/mol. The summed E-state index contributed by atoms with van der Waals surface area (Å²) < 4.78 is 9.87. The molecule has 1 aromatic carbocycles. The maximum Gasteiger partial charge on any atom is 0.228 e. The van der Waals surface area contributed by atoms with E-state index in [-0.39, 0.29) is 5.43 Å². The van der Waals surface area contributed by atoms with Crippen molar-refractivity contribution in [2.24, 2.45) is 0 Å². The molecule has 2 heterocycles. The molecular formula is C16H18N4O3. The minimum Gasteiger partial charge on any atom is -0.491 e. The first kappa shape index (κ1) is 15.2. The van der Waals surface area contributed by atoms with Crippen molar-refractivity contribution < 1.29 is 9.37 Å². The fourth-order valence-electron chi connectivity index (χ4n) is 2.59. The highest BCUT2D eigenvalue weighted by atomic mass is 16.6. The third-order valence-corrected chi connectivity index (χ3v) is 3.72. The van der Waals surface area contributed by atoms with Gasteiger partial charge in [-0.2, -0.15) is 0 Å². The summed E-state index contributed by atoms with van der Waals surface area (Å²) in [6, 6.07) is 5.78. The summed E-state index contributed by atoms with van der Waals surface area (Å²) in [5.41, 5.74) is 3.85. The van der Waals surface area contributed by atoms with E-state index in [9.17, 15) is 4.79 Å². The van der Waals surface area contributed by atoms with Gasteiger partial charge in [-0.25, -0.2) is 4.63 Å². The molecule has 0 unspecified atom stereocenters. The van der Waals surface area contributed by atoms with Crippen LogP contribution in [0.3, 0.4) is 0 Å². The maximum absolute atomic E-state index is 12.3. The lowest BCUT2D eigenvalue weighted by Gasteiger charge is -2.17. The zero-order valence-corrected chi connectivity index (χ0v) is 13.3. The average Bonchev–Trinajstić information content (AvgIpc) is 2.98. The number of fused-ring (bicyclic) bond motifs is 1. The topological polar surface area (TPSA) is 84.2 Å². The van der Waals surface area contributed by atoms with Crippen LogP contribution < -0.4 is 10.2 Å². The number of methoxy groups -OCH3 is 1. The summed E-state index contributed by atoms with van der Waals surface area (Å²) in [5.74, 6) is 0.367. The van der Waals surface area contributed by atoms with Crippen LogP contribution in [0.1, 0.15) is 16.8 Å². The fourth-order valence-corrected chi connectivity index (χ4v) is 2.59. The second kappa shape index (κ2) is 6.21. The molecule has 7 nitrogen and oxygen atoms in total. The molecule has 0 amide bonds. The molecule has 0 atom stereocenters. The molecule has 0 saturated carbocycles. The van der Waals surface area contributed by atoms with Crippen LogP contribution in [0.25, 0.3) is 11.0 Å². The SMILES string of the molecule is COc1c(C)[nH]cc(CN(C)Cc2ccc3nonc3c2)c1=O. The van der Waals surface area contributed by atoms with Crippen LogP contribution >= 0.6 is 0 Å². The van der Waals surface area contributed by atoms with Gasteiger partial charge in [-0.1, -0.05) is 6.07 Å². The van der Waals surface area contributed by atoms with Gasteiger partial charge < -0.3 is 9.72 Å². The summed E-state index contributed by atoms with van der Waals surface area (Å²) in [6.45, 7) is 3.01. The molecule has 3 aromatic rings. The Bertz CT molecular complexity index is 884. The molecule has 0 aliphatic carbocycles. The van der Waals surface area contributed by atoms with E-state index in [4.69, 9.17) is 9.37 Å². The number of aryl methyl sites for hydroxylation is 1. The molecule has 2 aromatic heterocycles. The third-order valence-electron chi connectivity index (χ3n) is 3.72. The van der Waals surface area contributed by atoms with Crippen LogP contribution in [0.5, 0.6) is 5.75 Å². The van der Waals surface area contributed by atoms with Gasteiger partial charge in [0.05, 0.1) is 12.8 Å². The van der Waals surface area contributed by atoms with E-state index < -0.39 is 0 Å². The normalized spacial score (nSPS) is 11.3. The van der Waals surface area contributed by atoms with Crippen molar-refractivity contribution in [1.82, 2.24) is 20.2 Å². The van der Waals surface area contributed by atoms with Crippen LogP contribution in [-0.2, 0) is 13.1 Å². The van der Waals surface area contributed by atoms with Crippen molar-refractivity contribution in [1.29, 1.82) is 0 Å². The lowest BCUT2D eigenvalue weighted by molar-refractivity contribution is 0.314. The Labute approximate surface area is 132 Å². The lowest BCUT2D eigenvalue weighted by Crippen LogP contribution is -2.23. The lowest BCUT2D eigenvalue weighted by atomic mass is 10.1. The molecule has 7 heteroatoms. The Morgan fingerprint density at radius 3 is 2.83 bits per heavy atom. The van der Waals surface area contributed by atoms with E-state index in [1.807, 2.05) is 37.1 Å². The Balaban J connectivity index is 1.76. The molecule has 0 aliphatic rings. The van der Waals surface area contributed by atoms with Crippen molar-refractivity contribution in [2.75, 3.05) is 14.2 Å². The molecule has 1 N–H and O–H groups in total. The summed E-state index contributed by atoms with van der Waals surface area (Å²) in [7, 11) is 3.46. The molecule has 23 heavy (non-hydrogen) atoms. The monoisotopic (exact) mass is 314 g/mol. The third kappa shape index (κ3) is 3.09. The van der Waals surface area contributed by atoms with Gasteiger partial charge in [0.1, 0.15) is 11.0 Å². The molecule has 0 radical (unpaired) electrons. The molecule has 3 rings (SSSR count). The minimum absolute atomic E-state index is 0.0771. The van der Waals surface area contributed by atoms with Crippen molar-refractivity contribution in [2.45, 2.75) is 20.0 Å². The number of pyridine rings is 1. The first-order chi connectivity index (χ1) is 11.1. The van der Waals surface area contributed by atoms with E-state index in [0.29, 0.717) is 24.4 Å². The molecule has 0 bridgehead atoms.